The highest BCUT2D eigenvalue weighted by Crippen LogP contribution is 2.14. The molecule has 3 nitrogen and oxygen atoms in total. The number of benzene rings is 1. The van der Waals surface area contributed by atoms with Crippen molar-refractivity contribution in [1.82, 2.24) is 14.9 Å². The van der Waals surface area contributed by atoms with Crippen molar-refractivity contribution < 1.29 is 0 Å². The fourth-order valence-electron chi connectivity index (χ4n) is 1.49. The van der Waals surface area contributed by atoms with Crippen LogP contribution in [0.5, 0.6) is 0 Å². The van der Waals surface area contributed by atoms with Gasteiger partial charge in [-0.25, -0.2) is 4.98 Å². The zero-order valence-corrected chi connectivity index (χ0v) is 13.0. The van der Waals surface area contributed by atoms with Crippen LogP contribution in [-0.4, -0.2) is 16.1 Å². The first-order chi connectivity index (χ1) is 7.86. The summed E-state index contributed by atoms with van der Waals surface area (Å²) in [6, 6.07) is 8.26. The quantitative estimate of drug-likeness (QED) is 0.837. The summed E-state index contributed by atoms with van der Waals surface area (Å²) in [6.07, 6.45) is 5.61. The molecule has 2 rings (SSSR count). The molecule has 0 atom stereocenters. The SMILES string of the molecule is Brc1ccccc1CNCCn1ccnc1.Cl.Cl. The minimum absolute atomic E-state index is 0. The number of hydrogen-bond acceptors (Lipinski definition) is 2. The van der Waals surface area contributed by atoms with Crippen LogP contribution in [0.4, 0.5) is 0 Å². The molecule has 100 valence electrons. The van der Waals surface area contributed by atoms with Crippen LogP contribution >= 0.6 is 40.7 Å². The van der Waals surface area contributed by atoms with Crippen molar-refractivity contribution in [2.75, 3.05) is 6.54 Å². The molecule has 0 aliphatic heterocycles. The second kappa shape index (κ2) is 9.39. The molecule has 0 saturated carbocycles. The van der Waals surface area contributed by atoms with Crippen molar-refractivity contribution >= 4 is 40.7 Å². The summed E-state index contributed by atoms with van der Waals surface area (Å²) >= 11 is 3.53. The van der Waals surface area contributed by atoms with Crippen LogP contribution in [0.25, 0.3) is 0 Å². The van der Waals surface area contributed by atoms with Crippen molar-refractivity contribution in [1.29, 1.82) is 0 Å². The molecular formula is C12H16BrCl2N3. The summed E-state index contributed by atoms with van der Waals surface area (Å²) in [5.74, 6) is 0. The highest BCUT2D eigenvalue weighted by molar-refractivity contribution is 9.10. The predicted molar refractivity (Wildman–Crippen MR) is 82.6 cm³/mol. The molecule has 0 radical (unpaired) electrons. The molecule has 2 aromatic rings. The van der Waals surface area contributed by atoms with Crippen molar-refractivity contribution in [3.63, 3.8) is 0 Å². The van der Waals surface area contributed by atoms with Gasteiger partial charge in [0.15, 0.2) is 0 Å². The van der Waals surface area contributed by atoms with Gasteiger partial charge in [-0.3, -0.25) is 0 Å². The maximum atomic E-state index is 4.00. The molecule has 0 aliphatic rings. The van der Waals surface area contributed by atoms with Crippen LogP contribution in [0.3, 0.4) is 0 Å². The number of hydrogen-bond donors (Lipinski definition) is 1. The Labute approximate surface area is 128 Å². The van der Waals surface area contributed by atoms with Gasteiger partial charge in [0, 0.05) is 36.5 Å². The van der Waals surface area contributed by atoms with E-state index >= 15 is 0 Å². The predicted octanol–water partition coefficient (Wildman–Crippen LogP) is 3.28. The van der Waals surface area contributed by atoms with Gasteiger partial charge >= 0.3 is 0 Å². The summed E-state index contributed by atoms with van der Waals surface area (Å²) in [5.41, 5.74) is 1.29. The Morgan fingerprint density at radius 1 is 1.22 bits per heavy atom. The standard InChI is InChI=1S/C12H14BrN3.2ClH/c13-12-4-2-1-3-11(12)9-14-5-7-16-8-6-15-10-16;;/h1-4,6,8,10,14H,5,7,9H2;2*1H. The lowest BCUT2D eigenvalue weighted by molar-refractivity contribution is 0.596. The van der Waals surface area contributed by atoms with Crippen LogP contribution in [0, 0.1) is 0 Å². The Hall–Kier alpha value is -0.550. The molecule has 1 aromatic heterocycles. The maximum Gasteiger partial charge on any atom is 0.0946 e. The maximum absolute atomic E-state index is 4.00. The molecule has 6 heteroatoms. The first-order valence-electron chi connectivity index (χ1n) is 5.26. The zero-order valence-electron chi connectivity index (χ0n) is 9.75. The molecule has 0 bridgehead atoms. The third kappa shape index (κ3) is 5.40. The smallest absolute Gasteiger partial charge is 0.0946 e. The normalized spacial score (nSPS) is 9.39. The van der Waals surface area contributed by atoms with Gasteiger partial charge in [-0.2, -0.15) is 0 Å². The third-order valence-corrected chi connectivity index (χ3v) is 3.15. The number of aromatic nitrogens is 2. The highest BCUT2D eigenvalue weighted by atomic mass is 79.9. The van der Waals surface area contributed by atoms with E-state index in [1.165, 1.54) is 5.56 Å². The fourth-order valence-corrected chi connectivity index (χ4v) is 1.92. The van der Waals surface area contributed by atoms with Crippen molar-refractivity contribution in [3.05, 3.63) is 53.0 Å². The summed E-state index contributed by atoms with van der Waals surface area (Å²) in [4.78, 5) is 4.00. The van der Waals surface area contributed by atoms with Gasteiger partial charge in [-0.1, -0.05) is 34.1 Å². The molecule has 1 heterocycles. The number of nitrogens with zero attached hydrogens (tertiary/aromatic N) is 2. The van der Waals surface area contributed by atoms with Gasteiger partial charge in [0.2, 0.25) is 0 Å². The van der Waals surface area contributed by atoms with Gasteiger partial charge in [0.1, 0.15) is 0 Å². The Morgan fingerprint density at radius 3 is 2.67 bits per heavy atom. The third-order valence-electron chi connectivity index (χ3n) is 2.38. The van der Waals surface area contributed by atoms with Gasteiger partial charge in [-0.05, 0) is 11.6 Å². The van der Waals surface area contributed by atoms with Crippen LogP contribution in [0.2, 0.25) is 0 Å². The van der Waals surface area contributed by atoms with Crippen molar-refractivity contribution in [2.45, 2.75) is 13.1 Å². The summed E-state index contributed by atoms with van der Waals surface area (Å²) < 4.78 is 3.22. The molecule has 1 N–H and O–H groups in total. The van der Waals surface area contributed by atoms with Crippen LogP contribution < -0.4 is 5.32 Å². The van der Waals surface area contributed by atoms with Gasteiger partial charge in [0.05, 0.1) is 6.33 Å². The van der Waals surface area contributed by atoms with Crippen LogP contribution in [-0.2, 0) is 13.1 Å². The van der Waals surface area contributed by atoms with E-state index in [0.717, 1.165) is 24.1 Å². The van der Waals surface area contributed by atoms with E-state index in [0.29, 0.717) is 0 Å². The topological polar surface area (TPSA) is 29.9 Å². The van der Waals surface area contributed by atoms with E-state index in [1.54, 1.807) is 6.20 Å². The molecule has 0 amide bonds. The summed E-state index contributed by atoms with van der Waals surface area (Å²) in [5, 5.41) is 3.40. The monoisotopic (exact) mass is 351 g/mol. The molecule has 0 saturated heterocycles. The molecule has 18 heavy (non-hydrogen) atoms. The molecule has 0 unspecified atom stereocenters. The minimum atomic E-state index is 0. The zero-order chi connectivity index (χ0) is 11.2. The Morgan fingerprint density at radius 2 is 2.00 bits per heavy atom. The molecule has 0 aliphatic carbocycles. The first-order valence-corrected chi connectivity index (χ1v) is 6.05. The lowest BCUT2D eigenvalue weighted by atomic mass is 10.2. The van der Waals surface area contributed by atoms with Crippen LogP contribution in [0.15, 0.2) is 47.5 Å². The summed E-state index contributed by atoms with van der Waals surface area (Å²) in [6.45, 7) is 2.78. The van der Waals surface area contributed by atoms with E-state index in [9.17, 15) is 0 Å². The second-order valence-electron chi connectivity index (χ2n) is 3.57. The molecular weight excluding hydrogens is 337 g/mol. The Bertz CT molecular complexity index is 435. The van der Waals surface area contributed by atoms with Gasteiger partial charge < -0.3 is 9.88 Å². The Kier molecular flexibility index (Phi) is 9.10. The van der Waals surface area contributed by atoms with E-state index < -0.39 is 0 Å². The number of halogens is 3. The average molecular weight is 353 g/mol. The molecule has 0 spiro atoms. The lowest BCUT2D eigenvalue weighted by Crippen LogP contribution is -2.19. The largest absolute Gasteiger partial charge is 0.336 e. The average Bonchev–Trinajstić information content (AvgIpc) is 2.79. The number of rotatable bonds is 5. The molecule has 1 aromatic carbocycles. The van der Waals surface area contributed by atoms with E-state index in [-0.39, 0.29) is 24.8 Å². The first kappa shape index (κ1) is 17.4. The van der Waals surface area contributed by atoms with E-state index in [2.05, 4.69) is 49.0 Å². The number of nitrogens with one attached hydrogen (secondary N) is 1. The fraction of sp³-hybridized carbons (Fsp3) is 0.250. The highest BCUT2D eigenvalue weighted by Gasteiger charge is 1.97. The van der Waals surface area contributed by atoms with Gasteiger partial charge in [-0.15, -0.1) is 24.8 Å². The minimum Gasteiger partial charge on any atom is -0.336 e. The second-order valence-corrected chi connectivity index (χ2v) is 4.42. The van der Waals surface area contributed by atoms with E-state index in [4.69, 9.17) is 0 Å². The Balaban J connectivity index is 0.00000144. The molecule has 0 fully saturated rings. The van der Waals surface area contributed by atoms with Crippen molar-refractivity contribution in [2.24, 2.45) is 0 Å². The lowest BCUT2D eigenvalue weighted by Gasteiger charge is -2.07. The van der Waals surface area contributed by atoms with E-state index in [1.807, 2.05) is 18.6 Å². The summed E-state index contributed by atoms with van der Waals surface area (Å²) in [7, 11) is 0. The van der Waals surface area contributed by atoms with Crippen LogP contribution in [0.1, 0.15) is 5.56 Å². The van der Waals surface area contributed by atoms with Gasteiger partial charge in [0.25, 0.3) is 0 Å². The van der Waals surface area contributed by atoms with Crippen molar-refractivity contribution in [3.8, 4) is 0 Å². The number of imidazole rings is 1.